The van der Waals surface area contributed by atoms with Crippen molar-refractivity contribution in [2.24, 2.45) is 0 Å². The van der Waals surface area contributed by atoms with Crippen molar-refractivity contribution >= 4 is 0 Å². The highest BCUT2D eigenvalue weighted by Gasteiger charge is 2.31. The Balaban J connectivity index is 2.49. The highest BCUT2D eigenvalue weighted by Crippen LogP contribution is 2.24. The van der Waals surface area contributed by atoms with Gasteiger partial charge in [0, 0.05) is 6.42 Å². The van der Waals surface area contributed by atoms with Crippen LogP contribution in [0, 0.1) is 6.42 Å². The van der Waals surface area contributed by atoms with E-state index >= 15 is 0 Å². The first kappa shape index (κ1) is 8.17. The molecule has 11 heavy (non-hydrogen) atoms. The number of allylic oxidation sites excluding steroid dienone is 4. The summed E-state index contributed by atoms with van der Waals surface area (Å²) < 4.78 is 38.3. The van der Waals surface area contributed by atoms with E-state index in [9.17, 15) is 13.2 Å². The lowest BCUT2D eigenvalue weighted by molar-refractivity contribution is -0.306. The predicted octanol–water partition coefficient (Wildman–Crippen LogP) is 2.57. The first-order valence-corrected chi connectivity index (χ1v) is 3.03. The second-order valence-corrected chi connectivity index (χ2v) is 2.01. The molecule has 1 rings (SSSR count). The van der Waals surface area contributed by atoms with Crippen molar-refractivity contribution in [1.82, 2.24) is 0 Å². The van der Waals surface area contributed by atoms with Crippen LogP contribution in [0.3, 0.4) is 0 Å². The zero-order valence-electron chi connectivity index (χ0n) is 5.56. The normalized spacial score (nSPS) is 17.9. The average molecular weight is 163 g/mol. The molecule has 0 N–H and O–H groups in total. The van der Waals surface area contributed by atoms with Crippen LogP contribution in [0.25, 0.3) is 0 Å². The van der Waals surface area contributed by atoms with E-state index in [1.807, 2.05) is 0 Å². The molecule has 0 amide bonds. The van der Waals surface area contributed by atoms with Gasteiger partial charge in [-0.3, -0.25) is 0 Å². The van der Waals surface area contributed by atoms with Gasteiger partial charge in [-0.15, -0.1) is 13.2 Å². The standard InChI is InChI=1S/C7H6F3O/c8-7(9,10)11-6-4-2-1-3-5-6/h1-4H,5H2. The summed E-state index contributed by atoms with van der Waals surface area (Å²) >= 11 is 0. The van der Waals surface area contributed by atoms with Crippen LogP contribution < -0.4 is 0 Å². The van der Waals surface area contributed by atoms with Gasteiger partial charge in [-0.25, -0.2) is 0 Å². The lowest BCUT2D eigenvalue weighted by atomic mass is 10.2. The minimum absolute atomic E-state index is 0.0694. The predicted molar refractivity (Wildman–Crippen MR) is 33.3 cm³/mol. The van der Waals surface area contributed by atoms with Crippen molar-refractivity contribution in [3.8, 4) is 0 Å². The van der Waals surface area contributed by atoms with Crippen LogP contribution in [-0.4, -0.2) is 6.36 Å². The quantitative estimate of drug-likeness (QED) is 0.577. The van der Waals surface area contributed by atoms with E-state index in [0.717, 1.165) is 0 Å². The van der Waals surface area contributed by atoms with E-state index in [1.165, 1.54) is 12.2 Å². The number of hydrogen-bond donors (Lipinski definition) is 0. The van der Waals surface area contributed by atoms with Crippen molar-refractivity contribution in [3.05, 3.63) is 30.4 Å². The molecule has 1 aliphatic rings. The van der Waals surface area contributed by atoms with Gasteiger partial charge in [-0.2, -0.15) is 0 Å². The summed E-state index contributed by atoms with van der Waals surface area (Å²) in [4.78, 5) is 0. The molecule has 0 saturated carbocycles. The van der Waals surface area contributed by atoms with E-state index in [2.05, 4.69) is 4.74 Å². The molecular formula is C7H6F3O. The molecule has 0 heterocycles. The number of halogens is 3. The van der Waals surface area contributed by atoms with E-state index in [4.69, 9.17) is 0 Å². The second-order valence-electron chi connectivity index (χ2n) is 2.01. The van der Waals surface area contributed by atoms with E-state index < -0.39 is 6.36 Å². The summed E-state index contributed by atoms with van der Waals surface area (Å²) in [6.45, 7) is 0. The van der Waals surface area contributed by atoms with Gasteiger partial charge in [-0.05, 0) is 12.5 Å². The number of hydrogen-bond acceptors (Lipinski definition) is 1. The molecule has 0 aromatic heterocycles. The van der Waals surface area contributed by atoms with Crippen LogP contribution in [0.15, 0.2) is 24.0 Å². The van der Waals surface area contributed by atoms with Gasteiger partial charge >= 0.3 is 6.36 Å². The molecular weight excluding hydrogens is 157 g/mol. The van der Waals surface area contributed by atoms with Gasteiger partial charge < -0.3 is 4.74 Å². The molecule has 0 aliphatic heterocycles. The Morgan fingerprint density at radius 2 is 2.00 bits per heavy atom. The van der Waals surface area contributed by atoms with Crippen LogP contribution in [0.1, 0.15) is 6.42 Å². The van der Waals surface area contributed by atoms with E-state index in [1.54, 1.807) is 12.5 Å². The van der Waals surface area contributed by atoms with Crippen LogP contribution in [0.4, 0.5) is 13.2 Å². The SMILES string of the molecule is FC(F)(F)OC1=CC=C[CH]C1. The summed E-state index contributed by atoms with van der Waals surface area (Å²) in [6, 6.07) is 0. The van der Waals surface area contributed by atoms with Crippen LogP contribution >= 0.6 is 0 Å². The third-order valence-corrected chi connectivity index (χ3v) is 1.10. The Labute approximate surface area is 62.2 Å². The van der Waals surface area contributed by atoms with Crippen molar-refractivity contribution in [2.75, 3.05) is 0 Å². The fraction of sp³-hybridized carbons (Fsp3) is 0.286. The van der Waals surface area contributed by atoms with Crippen LogP contribution in [-0.2, 0) is 4.74 Å². The Kier molecular flexibility index (Phi) is 2.22. The average Bonchev–Trinajstić information content (AvgIpc) is 1.85. The Bertz CT molecular complexity index is 190. The maximum absolute atomic E-state index is 11.5. The zero-order chi connectivity index (χ0) is 8.32. The molecule has 0 aromatic rings. The zero-order valence-corrected chi connectivity index (χ0v) is 5.56. The van der Waals surface area contributed by atoms with Crippen molar-refractivity contribution < 1.29 is 17.9 Å². The molecule has 0 fully saturated rings. The molecule has 0 saturated heterocycles. The van der Waals surface area contributed by atoms with Crippen LogP contribution in [0.5, 0.6) is 0 Å². The molecule has 4 heteroatoms. The summed E-state index contributed by atoms with van der Waals surface area (Å²) in [5.74, 6) is -0.0694. The smallest absolute Gasteiger partial charge is 0.410 e. The number of alkyl halides is 3. The van der Waals surface area contributed by atoms with Crippen LogP contribution in [0.2, 0.25) is 0 Å². The molecule has 0 unspecified atom stereocenters. The second kappa shape index (κ2) is 2.98. The van der Waals surface area contributed by atoms with Crippen molar-refractivity contribution in [1.29, 1.82) is 0 Å². The third-order valence-electron chi connectivity index (χ3n) is 1.10. The molecule has 0 bridgehead atoms. The molecule has 61 valence electrons. The van der Waals surface area contributed by atoms with Gasteiger partial charge in [0.1, 0.15) is 5.76 Å². The first-order chi connectivity index (χ1) is 5.08. The van der Waals surface area contributed by atoms with Gasteiger partial charge in [0.25, 0.3) is 0 Å². The molecule has 0 aromatic carbocycles. The fourth-order valence-electron chi connectivity index (χ4n) is 0.718. The highest BCUT2D eigenvalue weighted by atomic mass is 19.4. The lowest BCUT2D eigenvalue weighted by Gasteiger charge is -2.12. The largest absolute Gasteiger partial charge is 0.572 e. The minimum Gasteiger partial charge on any atom is -0.410 e. The summed E-state index contributed by atoms with van der Waals surface area (Å²) in [6.07, 6.45) is 1.71. The highest BCUT2D eigenvalue weighted by molar-refractivity contribution is 5.19. The van der Waals surface area contributed by atoms with Gasteiger partial charge in [-0.1, -0.05) is 12.2 Å². The molecule has 1 nitrogen and oxygen atoms in total. The monoisotopic (exact) mass is 163 g/mol. The van der Waals surface area contributed by atoms with Crippen molar-refractivity contribution in [3.63, 3.8) is 0 Å². The molecule has 0 spiro atoms. The Hall–Kier alpha value is -0.930. The number of ether oxygens (including phenoxy) is 1. The lowest BCUT2D eigenvalue weighted by Crippen LogP contribution is -2.13. The minimum atomic E-state index is -4.56. The van der Waals surface area contributed by atoms with Gasteiger partial charge in [0.2, 0.25) is 0 Å². The Morgan fingerprint density at radius 3 is 2.45 bits per heavy atom. The van der Waals surface area contributed by atoms with Crippen molar-refractivity contribution in [2.45, 2.75) is 12.8 Å². The van der Waals surface area contributed by atoms with E-state index in [0.29, 0.717) is 0 Å². The number of rotatable bonds is 1. The van der Waals surface area contributed by atoms with Gasteiger partial charge in [0.15, 0.2) is 0 Å². The topological polar surface area (TPSA) is 9.23 Å². The maximum Gasteiger partial charge on any atom is 0.572 e. The summed E-state index contributed by atoms with van der Waals surface area (Å²) in [5, 5.41) is 0. The molecule has 0 atom stereocenters. The Morgan fingerprint density at radius 1 is 1.27 bits per heavy atom. The van der Waals surface area contributed by atoms with E-state index in [-0.39, 0.29) is 12.2 Å². The maximum atomic E-state index is 11.5. The summed E-state index contributed by atoms with van der Waals surface area (Å²) in [5.41, 5.74) is 0. The third kappa shape index (κ3) is 3.11. The fourth-order valence-corrected chi connectivity index (χ4v) is 0.718. The van der Waals surface area contributed by atoms with Gasteiger partial charge in [0.05, 0.1) is 0 Å². The molecule has 1 radical (unpaired) electrons. The molecule has 1 aliphatic carbocycles. The summed E-state index contributed by atoms with van der Waals surface area (Å²) in [7, 11) is 0. The first-order valence-electron chi connectivity index (χ1n) is 3.03.